The van der Waals surface area contributed by atoms with Gasteiger partial charge in [-0.25, -0.2) is 4.39 Å². The molecular weight excluding hydrogens is 447 g/mol. The maximum Gasteiger partial charge on any atom is 0.243 e. The predicted octanol–water partition coefficient (Wildman–Crippen LogP) is 5.25. The number of nitrogens with one attached hydrogen (secondary N) is 1. The first-order valence-corrected chi connectivity index (χ1v) is 12.6. The van der Waals surface area contributed by atoms with Crippen molar-refractivity contribution in [2.45, 2.75) is 76.9 Å². The van der Waals surface area contributed by atoms with Gasteiger partial charge >= 0.3 is 0 Å². The van der Waals surface area contributed by atoms with Crippen LogP contribution in [0.15, 0.2) is 48.5 Å². The lowest BCUT2D eigenvalue weighted by Gasteiger charge is -2.33. The lowest BCUT2D eigenvalue weighted by atomic mass is 9.95. The molecule has 0 heterocycles. The number of hydrogen-bond acceptors (Lipinski definition) is 4. The fraction of sp³-hybridized carbons (Fsp3) is 0.500. The minimum absolute atomic E-state index is 0.107. The van der Waals surface area contributed by atoms with Crippen molar-refractivity contribution < 1.29 is 23.5 Å². The van der Waals surface area contributed by atoms with Crippen molar-refractivity contribution in [2.75, 3.05) is 13.7 Å². The van der Waals surface area contributed by atoms with Gasteiger partial charge in [0.05, 0.1) is 13.7 Å². The average molecular weight is 485 g/mol. The molecule has 35 heavy (non-hydrogen) atoms. The second-order valence-corrected chi connectivity index (χ2v) is 9.04. The molecule has 1 unspecified atom stereocenters. The zero-order chi connectivity index (χ0) is 25.0. The molecule has 1 N–H and O–H groups in total. The summed E-state index contributed by atoms with van der Waals surface area (Å²) in [6, 6.07) is 13.0. The second kappa shape index (κ2) is 13.7. The summed E-state index contributed by atoms with van der Waals surface area (Å²) in [5, 5.41) is 3.17. The lowest BCUT2D eigenvalue weighted by Crippen LogP contribution is -2.51. The van der Waals surface area contributed by atoms with Gasteiger partial charge < -0.3 is 19.7 Å². The van der Waals surface area contributed by atoms with E-state index in [0.717, 1.165) is 37.0 Å². The SMILES string of the molecule is CCC(C(=O)NC1CCCCC1)N(Cc1ccc(F)cc1)C(=O)CCCOc1ccc(OC)cc1. The van der Waals surface area contributed by atoms with Crippen LogP contribution in [0.2, 0.25) is 0 Å². The minimum atomic E-state index is -0.572. The van der Waals surface area contributed by atoms with Gasteiger partial charge in [-0.15, -0.1) is 0 Å². The summed E-state index contributed by atoms with van der Waals surface area (Å²) in [5.41, 5.74) is 0.790. The molecule has 0 radical (unpaired) electrons. The fourth-order valence-corrected chi connectivity index (χ4v) is 4.48. The first-order valence-electron chi connectivity index (χ1n) is 12.6. The summed E-state index contributed by atoms with van der Waals surface area (Å²) >= 11 is 0. The maximum absolute atomic E-state index is 13.4. The molecule has 0 aromatic heterocycles. The number of benzene rings is 2. The molecule has 190 valence electrons. The highest BCUT2D eigenvalue weighted by atomic mass is 19.1. The van der Waals surface area contributed by atoms with E-state index < -0.39 is 6.04 Å². The number of carbonyl (C=O) groups is 2. The van der Waals surface area contributed by atoms with Crippen molar-refractivity contribution in [3.63, 3.8) is 0 Å². The summed E-state index contributed by atoms with van der Waals surface area (Å²) in [4.78, 5) is 28.1. The maximum atomic E-state index is 13.4. The predicted molar refractivity (Wildman–Crippen MR) is 134 cm³/mol. The van der Waals surface area contributed by atoms with Gasteiger partial charge in [0.1, 0.15) is 23.4 Å². The van der Waals surface area contributed by atoms with Crippen molar-refractivity contribution in [1.29, 1.82) is 0 Å². The highest BCUT2D eigenvalue weighted by molar-refractivity contribution is 5.87. The van der Waals surface area contributed by atoms with E-state index in [1.807, 2.05) is 31.2 Å². The third-order valence-corrected chi connectivity index (χ3v) is 6.47. The van der Waals surface area contributed by atoms with Gasteiger partial charge in [-0.05, 0) is 67.6 Å². The molecule has 0 spiro atoms. The van der Waals surface area contributed by atoms with Gasteiger partial charge in [0.25, 0.3) is 0 Å². The first-order chi connectivity index (χ1) is 17.0. The van der Waals surface area contributed by atoms with Crippen LogP contribution in [0.3, 0.4) is 0 Å². The van der Waals surface area contributed by atoms with Crippen LogP contribution < -0.4 is 14.8 Å². The van der Waals surface area contributed by atoms with Gasteiger partial charge in [0.2, 0.25) is 11.8 Å². The molecule has 1 saturated carbocycles. The zero-order valence-electron chi connectivity index (χ0n) is 20.8. The highest BCUT2D eigenvalue weighted by Crippen LogP contribution is 2.20. The lowest BCUT2D eigenvalue weighted by molar-refractivity contribution is -0.142. The molecule has 0 bridgehead atoms. The largest absolute Gasteiger partial charge is 0.497 e. The molecule has 0 saturated heterocycles. The van der Waals surface area contributed by atoms with E-state index in [1.165, 1.54) is 18.6 Å². The van der Waals surface area contributed by atoms with E-state index in [1.54, 1.807) is 24.1 Å². The molecule has 1 aliphatic rings. The third-order valence-electron chi connectivity index (χ3n) is 6.47. The van der Waals surface area contributed by atoms with Gasteiger partial charge in [-0.2, -0.15) is 0 Å². The van der Waals surface area contributed by atoms with Crippen LogP contribution in [0, 0.1) is 5.82 Å². The van der Waals surface area contributed by atoms with E-state index in [2.05, 4.69) is 5.32 Å². The number of ether oxygens (including phenoxy) is 2. The monoisotopic (exact) mass is 484 g/mol. The second-order valence-electron chi connectivity index (χ2n) is 9.04. The molecule has 1 aliphatic carbocycles. The molecule has 2 aromatic rings. The Labute approximate surface area is 207 Å². The molecule has 0 aliphatic heterocycles. The summed E-state index contributed by atoms with van der Waals surface area (Å²) in [6.45, 7) is 2.56. The van der Waals surface area contributed by atoms with Crippen LogP contribution in [-0.4, -0.2) is 42.5 Å². The molecule has 1 atom stereocenters. The minimum Gasteiger partial charge on any atom is -0.497 e. The van der Waals surface area contributed by atoms with Crippen LogP contribution in [-0.2, 0) is 16.1 Å². The quantitative estimate of drug-likeness (QED) is 0.418. The number of hydrogen-bond donors (Lipinski definition) is 1. The van der Waals surface area contributed by atoms with E-state index in [-0.39, 0.29) is 36.6 Å². The zero-order valence-corrected chi connectivity index (χ0v) is 20.8. The highest BCUT2D eigenvalue weighted by Gasteiger charge is 2.30. The molecule has 6 nitrogen and oxygen atoms in total. The topological polar surface area (TPSA) is 67.9 Å². The Hall–Kier alpha value is -3.09. The smallest absolute Gasteiger partial charge is 0.243 e. The Morgan fingerprint density at radius 1 is 1.03 bits per heavy atom. The molecule has 2 amide bonds. The van der Waals surface area contributed by atoms with Crippen LogP contribution >= 0.6 is 0 Å². The molecule has 2 aromatic carbocycles. The molecular formula is C28H37FN2O4. The van der Waals surface area contributed by atoms with Crippen molar-refractivity contribution in [3.05, 3.63) is 59.9 Å². The van der Waals surface area contributed by atoms with Gasteiger partial charge in [-0.1, -0.05) is 38.3 Å². The van der Waals surface area contributed by atoms with Gasteiger partial charge in [0.15, 0.2) is 0 Å². The number of amides is 2. The van der Waals surface area contributed by atoms with Gasteiger partial charge in [0, 0.05) is 19.0 Å². The first kappa shape index (κ1) is 26.5. The summed E-state index contributed by atoms with van der Waals surface area (Å²) in [7, 11) is 1.61. The fourth-order valence-electron chi connectivity index (χ4n) is 4.48. The van der Waals surface area contributed by atoms with Crippen LogP contribution in [0.5, 0.6) is 11.5 Å². The Morgan fingerprint density at radius 3 is 2.31 bits per heavy atom. The van der Waals surface area contributed by atoms with E-state index in [9.17, 15) is 14.0 Å². The Kier molecular flexibility index (Phi) is 10.4. The van der Waals surface area contributed by atoms with Crippen LogP contribution in [0.4, 0.5) is 4.39 Å². The van der Waals surface area contributed by atoms with Crippen molar-refractivity contribution in [3.8, 4) is 11.5 Å². The number of halogens is 1. The van der Waals surface area contributed by atoms with Crippen molar-refractivity contribution in [1.82, 2.24) is 10.2 Å². The summed E-state index contributed by atoms with van der Waals surface area (Å²) < 4.78 is 24.3. The van der Waals surface area contributed by atoms with E-state index in [4.69, 9.17) is 9.47 Å². The standard InChI is InChI=1S/C28H37FN2O4/c1-3-26(28(33)30-23-8-5-4-6-9-23)31(20-21-11-13-22(29)14-12-21)27(32)10-7-19-35-25-17-15-24(34-2)16-18-25/h11-18,23,26H,3-10,19-20H2,1-2H3,(H,30,33). The van der Waals surface area contributed by atoms with Crippen LogP contribution in [0.1, 0.15) is 63.9 Å². The average Bonchev–Trinajstić information content (AvgIpc) is 2.88. The summed E-state index contributed by atoms with van der Waals surface area (Å²) in [5.74, 6) is 0.910. The van der Waals surface area contributed by atoms with Crippen molar-refractivity contribution in [2.24, 2.45) is 0 Å². The molecule has 7 heteroatoms. The number of nitrogens with zero attached hydrogens (tertiary/aromatic N) is 1. The Balaban J connectivity index is 1.62. The van der Waals surface area contributed by atoms with E-state index >= 15 is 0 Å². The Morgan fingerprint density at radius 2 is 1.69 bits per heavy atom. The van der Waals surface area contributed by atoms with E-state index in [0.29, 0.717) is 25.2 Å². The van der Waals surface area contributed by atoms with Gasteiger partial charge in [-0.3, -0.25) is 9.59 Å². The summed E-state index contributed by atoms with van der Waals surface area (Å²) in [6.07, 6.45) is 6.69. The number of carbonyl (C=O) groups excluding carboxylic acids is 2. The molecule has 3 rings (SSSR count). The normalized spacial score (nSPS) is 14.7. The number of methoxy groups -OCH3 is 1. The van der Waals surface area contributed by atoms with Crippen LogP contribution in [0.25, 0.3) is 0 Å². The molecule has 1 fully saturated rings. The van der Waals surface area contributed by atoms with Crippen molar-refractivity contribution >= 4 is 11.8 Å². The third kappa shape index (κ3) is 8.26. The number of rotatable bonds is 12. The Bertz CT molecular complexity index is 927.